The molecule has 0 aromatic rings. The number of nitrogens with zero attached hydrogens (tertiary/aromatic N) is 1. The van der Waals surface area contributed by atoms with Gasteiger partial charge in [0.05, 0.1) is 0 Å². The van der Waals surface area contributed by atoms with E-state index in [-0.39, 0.29) is 6.04 Å². The van der Waals surface area contributed by atoms with Crippen LogP contribution in [0, 0.1) is 5.92 Å². The van der Waals surface area contributed by atoms with Crippen molar-refractivity contribution in [3.05, 3.63) is 0 Å². The second kappa shape index (κ2) is 7.20. The molecule has 2 aliphatic carbocycles. The average molecular weight is 303 g/mol. The highest BCUT2D eigenvalue weighted by atomic mass is 32.2. The molecule has 0 heterocycles. The highest BCUT2D eigenvalue weighted by molar-refractivity contribution is 7.87. The summed E-state index contributed by atoms with van der Waals surface area (Å²) >= 11 is 0. The molecule has 20 heavy (non-hydrogen) atoms. The second-order valence-electron chi connectivity index (χ2n) is 6.50. The molecule has 2 N–H and O–H groups in total. The molecule has 0 amide bonds. The van der Waals surface area contributed by atoms with Crippen LogP contribution in [-0.4, -0.2) is 44.9 Å². The normalized spacial score (nSPS) is 27.9. The minimum Gasteiger partial charge on any atom is -0.314 e. The lowest BCUT2D eigenvalue weighted by atomic mass is 9.88. The first-order chi connectivity index (χ1) is 9.47. The summed E-state index contributed by atoms with van der Waals surface area (Å²) in [6.45, 7) is 3.69. The highest BCUT2D eigenvalue weighted by Crippen LogP contribution is 2.24. The summed E-state index contributed by atoms with van der Waals surface area (Å²) in [5.41, 5.74) is 0. The topological polar surface area (TPSA) is 61.4 Å². The van der Waals surface area contributed by atoms with Crippen molar-refractivity contribution in [2.24, 2.45) is 5.92 Å². The van der Waals surface area contributed by atoms with Crippen LogP contribution in [0.5, 0.6) is 0 Å². The molecule has 0 bridgehead atoms. The van der Waals surface area contributed by atoms with Crippen LogP contribution in [0.1, 0.15) is 51.9 Å². The molecule has 0 aromatic carbocycles. The Hall–Kier alpha value is -0.170. The molecular weight excluding hydrogens is 274 g/mol. The summed E-state index contributed by atoms with van der Waals surface area (Å²) in [4.78, 5) is 0. The van der Waals surface area contributed by atoms with E-state index in [0.717, 1.165) is 32.2 Å². The first-order valence-corrected chi connectivity index (χ1v) is 9.38. The van der Waals surface area contributed by atoms with Crippen molar-refractivity contribution >= 4 is 10.2 Å². The van der Waals surface area contributed by atoms with Gasteiger partial charge < -0.3 is 5.32 Å². The zero-order valence-corrected chi connectivity index (χ0v) is 13.6. The molecule has 2 rings (SSSR count). The van der Waals surface area contributed by atoms with Crippen LogP contribution in [0.25, 0.3) is 0 Å². The molecule has 0 spiro atoms. The van der Waals surface area contributed by atoms with Gasteiger partial charge in [-0.2, -0.15) is 17.4 Å². The van der Waals surface area contributed by atoms with E-state index in [2.05, 4.69) is 17.0 Å². The first kappa shape index (κ1) is 16.2. The largest absolute Gasteiger partial charge is 0.314 e. The van der Waals surface area contributed by atoms with Crippen LogP contribution in [0.4, 0.5) is 0 Å². The van der Waals surface area contributed by atoms with E-state index in [9.17, 15) is 8.42 Å². The van der Waals surface area contributed by atoms with Crippen LogP contribution >= 0.6 is 0 Å². The summed E-state index contributed by atoms with van der Waals surface area (Å²) in [6, 6.07) is 0.814. The zero-order valence-electron chi connectivity index (χ0n) is 12.8. The van der Waals surface area contributed by atoms with Gasteiger partial charge in [0, 0.05) is 25.7 Å². The molecule has 2 saturated carbocycles. The van der Waals surface area contributed by atoms with Gasteiger partial charge in [-0.25, -0.2) is 0 Å². The molecule has 0 saturated heterocycles. The lowest BCUT2D eigenvalue weighted by Crippen LogP contribution is -2.45. The van der Waals surface area contributed by atoms with Gasteiger partial charge in [-0.1, -0.05) is 19.8 Å². The van der Waals surface area contributed by atoms with E-state index in [1.54, 1.807) is 7.05 Å². The van der Waals surface area contributed by atoms with E-state index < -0.39 is 10.2 Å². The monoisotopic (exact) mass is 303 g/mol. The predicted molar refractivity (Wildman–Crippen MR) is 81.7 cm³/mol. The van der Waals surface area contributed by atoms with E-state index in [1.165, 1.54) is 23.6 Å². The fourth-order valence-electron chi connectivity index (χ4n) is 2.86. The molecule has 118 valence electrons. The average Bonchev–Trinajstić information content (AvgIpc) is 3.17. The maximum Gasteiger partial charge on any atom is 0.279 e. The van der Waals surface area contributed by atoms with Gasteiger partial charge in [0.15, 0.2) is 0 Å². The molecule has 0 aromatic heterocycles. The van der Waals surface area contributed by atoms with E-state index in [4.69, 9.17) is 0 Å². The summed E-state index contributed by atoms with van der Waals surface area (Å²) in [7, 11) is -1.64. The minimum absolute atomic E-state index is 0.121. The fraction of sp³-hybridized carbons (Fsp3) is 1.00. The minimum atomic E-state index is -3.31. The highest BCUT2D eigenvalue weighted by Gasteiger charge is 2.26. The molecule has 5 nitrogen and oxygen atoms in total. The quantitative estimate of drug-likeness (QED) is 0.668. The Bertz CT molecular complexity index is 395. The summed E-state index contributed by atoms with van der Waals surface area (Å²) in [5.74, 6) is 0.629. The Labute approximate surface area is 123 Å². The van der Waals surface area contributed by atoms with Gasteiger partial charge in [-0.15, -0.1) is 0 Å². The maximum atomic E-state index is 12.2. The van der Waals surface area contributed by atoms with Crippen LogP contribution in [-0.2, 0) is 10.2 Å². The summed E-state index contributed by atoms with van der Waals surface area (Å²) < 4.78 is 28.8. The fourth-order valence-corrected chi connectivity index (χ4v) is 4.04. The Morgan fingerprint density at radius 3 is 2.55 bits per heavy atom. The smallest absolute Gasteiger partial charge is 0.279 e. The molecule has 0 radical (unpaired) electrons. The molecule has 6 heteroatoms. The van der Waals surface area contributed by atoms with Gasteiger partial charge in [0.1, 0.15) is 0 Å². The zero-order chi connectivity index (χ0) is 14.6. The lowest BCUT2D eigenvalue weighted by Gasteiger charge is -2.29. The molecule has 0 aliphatic heterocycles. The van der Waals surface area contributed by atoms with Crippen molar-refractivity contribution in [1.29, 1.82) is 0 Å². The van der Waals surface area contributed by atoms with Crippen molar-refractivity contribution in [3.63, 3.8) is 0 Å². The van der Waals surface area contributed by atoms with Crippen molar-refractivity contribution < 1.29 is 8.42 Å². The first-order valence-electron chi connectivity index (χ1n) is 7.94. The molecule has 2 aliphatic rings. The summed E-state index contributed by atoms with van der Waals surface area (Å²) in [6.07, 6.45) is 7.71. The molecule has 2 unspecified atom stereocenters. The van der Waals surface area contributed by atoms with E-state index >= 15 is 0 Å². The van der Waals surface area contributed by atoms with Crippen LogP contribution in [0.15, 0.2) is 0 Å². The van der Waals surface area contributed by atoms with Crippen molar-refractivity contribution in [1.82, 2.24) is 14.3 Å². The molecule has 2 atom stereocenters. The number of hydrogen-bond donors (Lipinski definition) is 2. The lowest BCUT2D eigenvalue weighted by molar-refractivity contribution is 0.321. The Morgan fingerprint density at radius 2 is 1.90 bits per heavy atom. The van der Waals surface area contributed by atoms with E-state index in [0.29, 0.717) is 18.5 Å². The van der Waals surface area contributed by atoms with Crippen LogP contribution < -0.4 is 10.0 Å². The third-order valence-corrected chi connectivity index (χ3v) is 5.96. The van der Waals surface area contributed by atoms with Gasteiger partial charge in [0.2, 0.25) is 0 Å². The second-order valence-corrected chi connectivity index (χ2v) is 8.30. The van der Waals surface area contributed by atoms with Crippen molar-refractivity contribution in [2.45, 2.75) is 64.0 Å². The third-order valence-electron chi connectivity index (χ3n) is 4.32. The predicted octanol–water partition coefficient (Wildman–Crippen LogP) is 1.47. The number of nitrogens with one attached hydrogen (secondary N) is 2. The third kappa shape index (κ3) is 5.31. The maximum absolute atomic E-state index is 12.2. The Balaban J connectivity index is 1.69. The standard InChI is InChI=1S/C14H29N3O2S/c1-12-5-3-6-14(11-12)16-20(18,19)17(2)10-4-9-15-13-7-8-13/h12-16H,3-11H2,1-2H3. The van der Waals surface area contributed by atoms with Crippen LogP contribution in [0.2, 0.25) is 0 Å². The number of rotatable bonds is 8. The Kier molecular flexibility index (Phi) is 5.84. The molecule has 2 fully saturated rings. The number of hydrogen-bond acceptors (Lipinski definition) is 3. The van der Waals surface area contributed by atoms with Gasteiger partial charge in [-0.3, -0.25) is 0 Å². The Morgan fingerprint density at radius 1 is 1.15 bits per heavy atom. The van der Waals surface area contributed by atoms with Crippen LogP contribution in [0.3, 0.4) is 0 Å². The van der Waals surface area contributed by atoms with Gasteiger partial charge in [-0.05, 0) is 44.6 Å². The van der Waals surface area contributed by atoms with Gasteiger partial charge >= 0.3 is 0 Å². The van der Waals surface area contributed by atoms with Gasteiger partial charge in [0.25, 0.3) is 10.2 Å². The SMILES string of the molecule is CC1CCCC(NS(=O)(=O)N(C)CCCNC2CC2)C1. The molecular formula is C14H29N3O2S. The summed E-state index contributed by atoms with van der Waals surface area (Å²) in [5, 5.41) is 3.41. The van der Waals surface area contributed by atoms with Crippen molar-refractivity contribution in [2.75, 3.05) is 20.1 Å². The van der Waals surface area contributed by atoms with Crippen molar-refractivity contribution in [3.8, 4) is 0 Å². The van der Waals surface area contributed by atoms with E-state index in [1.807, 2.05) is 0 Å².